The maximum absolute atomic E-state index is 9.05. The lowest BCUT2D eigenvalue weighted by Crippen LogP contribution is -1.99. The van der Waals surface area contributed by atoms with Crippen molar-refractivity contribution in [1.29, 1.82) is 0 Å². The number of benzene rings is 3. The van der Waals surface area contributed by atoms with Gasteiger partial charge in [-0.15, -0.1) is 0 Å². The lowest BCUT2D eigenvalue weighted by molar-refractivity contribution is 0.271. The van der Waals surface area contributed by atoms with Gasteiger partial charge in [0, 0.05) is 19.8 Å². The first-order chi connectivity index (χ1) is 22.0. The van der Waals surface area contributed by atoms with Crippen LogP contribution in [0.5, 0.6) is 34.5 Å². The van der Waals surface area contributed by atoms with E-state index in [1.807, 2.05) is 24.3 Å². The number of rotatable bonds is 21. The molecule has 0 saturated carbocycles. The van der Waals surface area contributed by atoms with Crippen LogP contribution < -0.4 is 14.2 Å². The average molecular weight is 631 g/mol. The molecule has 3 rings (SSSR count). The zero-order chi connectivity index (χ0) is 32.8. The molecule has 252 valence electrons. The molecule has 0 spiro atoms. The number of aromatic hydroxyl groups is 3. The van der Waals surface area contributed by atoms with Crippen LogP contribution in [0.4, 0.5) is 0 Å². The van der Waals surface area contributed by atoms with Crippen molar-refractivity contribution in [3.63, 3.8) is 0 Å². The summed E-state index contributed by atoms with van der Waals surface area (Å²) in [5.74, 6) is 3.13. The Hall–Kier alpha value is -3.66. The third kappa shape index (κ3) is 23.4. The fourth-order valence-electron chi connectivity index (χ4n) is 3.90. The molecule has 0 radical (unpaired) electrons. The van der Waals surface area contributed by atoms with E-state index in [4.69, 9.17) is 44.8 Å². The standard InChI is InChI=1S/C18H30O4.C12H18O3.C6H6O2/c19-13-5-1-3-7-15-21-17-9-11-18(12-10-17)22-16-8-4-2-6-14-20;13-9-3-1-2-4-10-15-12-7-5-11(14)6-8-12;7-5-1-2-6(8)4-3-5/h9-12,19-20H,1-8,13-16H2;5-8,13-14H,1-4,9-10H2;1-4,7-8H. The van der Waals surface area contributed by atoms with Crippen LogP contribution >= 0.6 is 0 Å². The SMILES string of the molecule is OCCCCCCOc1ccc(O)cc1.OCCCCCCOc1ccc(OCCCCCCO)cc1.Oc1ccc(O)cc1. The minimum atomic E-state index is 0.169. The fourth-order valence-corrected chi connectivity index (χ4v) is 3.90. The van der Waals surface area contributed by atoms with Crippen molar-refractivity contribution < 1.29 is 44.8 Å². The summed E-state index contributed by atoms with van der Waals surface area (Å²) in [6, 6.07) is 20.2. The highest BCUT2D eigenvalue weighted by Gasteiger charge is 1.98. The zero-order valence-corrected chi connectivity index (χ0v) is 26.6. The van der Waals surface area contributed by atoms with Crippen molar-refractivity contribution in [1.82, 2.24) is 0 Å². The monoisotopic (exact) mass is 630 g/mol. The van der Waals surface area contributed by atoms with Gasteiger partial charge in [0.1, 0.15) is 34.5 Å². The molecule has 0 unspecified atom stereocenters. The Balaban J connectivity index is 0.000000376. The van der Waals surface area contributed by atoms with Gasteiger partial charge in [-0.05, 0) is 131 Å². The molecular weight excluding hydrogens is 576 g/mol. The molecule has 0 amide bonds. The second-order valence-electron chi connectivity index (χ2n) is 10.4. The number of aliphatic hydroxyl groups excluding tert-OH is 3. The van der Waals surface area contributed by atoms with Crippen LogP contribution in [0.2, 0.25) is 0 Å². The lowest BCUT2D eigenvalue weighted by Gasteiger charge is -2.08. The molecule has 6 N–H and O–H groups in total. The highest BCUT2D eigenvalue weighted by molar-refractivity contribution is 5.31. The van der Waals surface area contributed by atoms with Crippen molar-refractivity contribution in [2.45, 2.75) is 77.0 Å². The van der Waals surface area contributed by atoms with E-state index in [2.05, 4.69) is 0 Å². The number of unbranched alkanes of at least 4 members (excludes halogenated alkanes) is 9. The molecule has 0 atom stereocenters. The predicted molar refractivity (Wildman–Crippen MR) is 177 cm³/mol. The topological polar surface area (TPSA) is 149 Å². The Morgan fingerprint density at radius 2 is 0.533 bits per heavy atom. The fraction of sp³-hybridized carbons (Fsp3) is 0.500. The summed E-state index contributed by atoms with van der Waals surface area (Å²) in [5.41, 5.74) is 0. The third-order valence-electron chi connectivity index (χ3n) is 6.47. The first-order valence-corrected chi connectivity index (χ1v) is 16.1. The Kier molecular flexibility index (Phi) is 24.4. The minimum Gasteiger partial charge on any atom is -0.508 e. The maximum Gasteiger partial charge on any atom is 0.119 e. The molecule has 0 aliphatic carbocycles. The highest BCUT2D eigenvalue weighted by atomic mass is 16.5. The van der Waals surface area contributed by atoms with Gasteiger partial charge in [-0.3, -0.25) is 0 Å². The van der Waals surface area contributed by atoms with E-state index in [0.717, 1.165) is 108 Å². The largest absolute Gasteiger partial charge is 0.508 e. The molecule has 0 fully saturated rings. The number of phenolic OH excluding ortho intramolecular Hbond substituents is 3. The Morgan fingerprint density at radius 3 is 0.800 bits per heavy atom. The summed E-state index contributed by atoms with van der Waals surface area (Å²) in [7, 11) is 0. The van der Waals surface area contributed by atoms with Crippen molar-refractivity contribution in [2.75, 3.05) is 39.6 Å². The molecule has 0 aliphatic heterocycles. The van der Waals surface area contributed by atoms with Crippen molar-refractivity contribution in [3.05, 3.63) is 72.8 Å². The van der Waals surface area contributed by atoms with Crippen LogP contribution in [0.1, 0.15) is 77.0 Å². The van der Waals surface area contributed by atoms with Gasteiger partial charge in [-0.1, -0.05) is 19.3 Å². The molecule has 9 heteroatoms. The van der Waals surface area contributed by atoms with Gasteiger partial charge in [0.15, 0.2) is 0 Å². The number of hydrogen-bond donors (Lipinski definition) is 6. The predicted octanol–water partition coefficient (Wildman–Crippen LogP) is 6.97. The molecule has 45 heavy (non-hydrogen) atoms. The summed E-state index contributed by atoms with van der Waals surface area (Å²) in [6.45, 7) is 2.97. The summed E-state index contributed by atoms with van der Waals surface area (Å²) in [5, 5.41) is 52.3. The van der Waals surface area contributed by atoms with Crippen molar-refractivity contribution in [3.8, 4) is 34.5 Å². The molecule has 9 nitrogen and oxygen atoms in total. The zero-order valence-electron chi connectivity index (χ0n) is 26.6. The van der Waals surface area contributed by atoms with Crippen LogP contribution in [0.25, 0.3) is 0 Å². The van der Waals surface area contributed by atoms with Crippen molar-refractivity contribution in [2.24, 2.45) is 0 Å². The van der Waals surface area contributed by atoms with Crippen LogP contribution in [0.3, 0.4) is 0 Å². The molecular formula is C36H54O9. The first kappa shape index (κ1) is 39.4. The smallest absolute Gasteiger partial charge is 0.119 e. The summed E-state index contributed by atoms with van der Waals surface area (Å²) in [6.07, 6.45) is 12.1. The number of aliphatic hydroxyl groups is 3. The maximum atomic E-state index is 9.05. The van der Waals surface area contributed by atoms with E-state index >= 15 is 0 Å². The van der Waals surface area contributed by atoms with E-state index in [0.29, 0.717) is 6.61 Å². The van der Waals surface area contributed by atoms with Gasteiger partial charge in [0.2, 0.25) is 0 Å². The quantitative estimate of drug-likeness (QED) is 0.0542. The molecule has 3 aromatic rings. The van der Waals surface area contributed by atoms with E-state index in [9.17, 15) is 0 Å². The molecule has 0 bridgehead atoms. The molecule has 3 aromatic carbocycles. The molecule has 0 saturated heterocycles. The summed E-state index contributed by atoms with van der Waals surface area (Å²) in [4.78, 5) is 0. The van der Waals surface area contributed by atoms with Crippen LogP contribution in [-0.2, 0) is 0 Å². The van der Waals surface area contributed by atoms with Gasteiger partial charge in [0.05, 0.1) is 19.8 Å². The average Bonchev–Trinajstić information content (AvgIpc) is 3.06. The molecule has 0 aromatic heterocycles. The Bertz CT molecular complexity index is 986. The van der Waals surface area contributed by atoms with Gasteiger partial charge in [-0.2, -0.15) is 0 Å². The lowest BCUT2D eigenvalue weighted by atomic mass is 10.2. The van der Waals surface area contributed by atoms with Crippen LogP contribution in [-0.4, -0.2) is 70.3 Å². The first-order valence-electron chi connectivity index (χ1n) is 16.1. The van der Waals surface area contributed by atoms with E-state index in [1.165, 1.54) is 24.3 Å². The van der Waals surface area contributed by atoms with Crippen LogP contribution in [0.15, 0.2) is 72.8 Å². The second-order valence-corrected chi connectivity index (χ2v) is 10.4. The van der Waals surface area contributed by atoms with Crippen LogP contribution in [0, 0.1) is 0 Å². The Labute approximate surface area is 268 Å². The second kappa shape index (κ2) is 27.9. The number of ether oxygens (including phenoxy) is 3. The van der Waals surface area contributed by atoms with E-state index in [-0.39, 0.29) is 37.1 Å². The molecule has 0 aliphatic rings. The summed E-state index contributed by atoms with van der Waals surface area (Å²) >= 11 is 0. The summed E-state index contributed by atoms with van der Waals surface area (Å²) < 4.78 is 16.8. The Morgan fingerprint density at radius 1 is 0.311 bits per heavy atom. The van der Waals surface area contributed by atoms with Gasteiger partial charge in [-0.25, -0.2) is 0 Å². The van der Waals surface area contributed by atoms with Gasteiger partial charge >= 0.3 is 0 Å². The van der Waals surface area contributed by atoms with Crippen molar-refractivity contribution >= 4 is 0 Å². The van der Waals surface area contributed by atoms with E-state index < -0.39 is 0 Å². The van der Waals surface area contributed by atoms with Gasteiger partial charge < -0.3 is 44.8 Å². The normalized spacial score (nSPS) is 10.2. The highest BCUT2D eigenvalue weighted by Crippen LogP contribution is 2.19. The molecule has 0 heterocycles. The third-order valence-corrected chi connectivity index (χ3v) is 6.47. The number of phenols is 3. The minimum absolute atomic E-state index is 0.169. The van der Waals surface area contributed by atoms with Gasteiger partial charge in [0.25, 0.3) is 0 Å². The number of hydrogen-bond acceptors (Lipinski definition) is 9. The van der Waals surface area contributed by atoms with E-state index in [1.54, 1.807) is 24.3 Å².